The summed E-state index contributed by atoms with van der Waals surface area (Å²) in [4.78, 5) is 12.6. The van der Waals surface area contributed by atoms with Crippen LogP contribution in [-0.4, -0.2) is 29.1 Å². The van der Waals surface area contributed by atoms with Gasteiger partial charge in [0.1, 0.15) is 0 Å². The quantitative estimate of drug-likeness (QED) is 0.934. The molecular formula is C14H18N4S. The molecule has 2 aromatic rings. The molecule has 1 aliphatic heterocycles. The lowest BCUT2D eigenvalue weighted by Gasteiger charge is -2.35. The van der Waals surface area contributed by atoms with Gasteiger partial charge in [-0.1, -0.05) is 6.07 Å². The van der Waals surface area contributed by atoms with Crippen molar-refractivity contribution >= 4 is 17.3 Å². The highest BCUT2D eigenvalue weighted by Crippen LogP contribution is 2.26. The van der Waals surface area contributed by atoms with Gasteiger partial charge in [-0.05, 0) is 36.8 Å². The van der Waals surface area contributed by atoms with E-state index in [1.807, 2.05) is 18.3 Å². The molecule has 1 saturated heterocycles. The van der Waals surface area contributed by atoms with Crippen LogP contribution in [0.25, 0.3) is 10.6 Å². The molecule has 1 unspecified atom stereocenters. The van der Waals surface area contributed by atoms with Crippen molar-refractivity contribution in [2.45, 2.75) is 25.3 Å². The van der Waals surface area contributed by atoms with E-state index in [4.69, 9.17) is 10.7 Å². The van der Waals surface area contributed by atoms with Crippen LogP contribution in [0.5, 0.6) is 0 Å². The Morgan fingerprint density at radius 3 is 3.11 bits per heavy atom. The molecule has 0 spiro atoms. The molecule has 5 heteroatoms. The van der Waals surface area contributed by atoms with E-state index in [-0.39, 0.29) is 0 Å². The predicted octanol–water partition coefficient (Wildman–Crippen LogP) is 2.52. The minimum atomic E-state index is 0.382. The predicted molar refractivity (Wildman–Crippen MR) is 79.4 cm³/mol. The number of aromatic nitrogens is 2. The van der Waals surface area contributed by atoms with E-state index in [2.05, 4.69) is 21.3 Å². The van der Waals surface area contributed by atoms with Crippen LogP contribution in [0.4, 0.5) is 5.95 Å². The lowest BCUT2D eigenvalue weighted by molar-refractivity contribution is 0.458. The van der Waals surface area contributed by atoms with Crippen LogP contribution in [0.1, 0.15) is 19.3 Å². The smallest absolute Gasteiger partial charge is 0.226 e. The van der Waals surface area contributed by atoms with Gasteiger partial charge in [-0.2, -0.15) is 0 Å². The first-order valence-corrected chi connectivity index (χ1v) is 7.60. The van der Waals surface area contributed by atoms with E-state index in [0.717, 1.165) is 24.6 Å². The maximum absolute atomic E-state index is 5.87. The highest BCUT2D eigenvalue weighted by molar-refractivity contribution is 7.13. The number of piperidine rings is 1. The number of nitrogens with zero attached hydrogens (tertiary/aromatic N) is 3. The summed E-state index contributed by atoms with van der Waals surface area (Å²) in [6.45, 7) is 1.68. The molecule has 3 rings (SSSR count). The Morgan fingerprint density at radius 1 is 1.37 bits per heavy atom. The average molecular weight is 274 g/mol. The fraction of sp³-hybridized carbons (Fsp3) is 0.429. The zero-order valence-corrected chi connectivity index (χ0v) is 11.6. The molecule has 19 heavy (non-hydrogen) atoms. The van der Waals surface area contributed by atoms with Gasteiger partial charge in [-0.3, -0.25) is 0 Å². The Morgan fingerprint density at radius 2 is 2.32 bits per heavy atom. The molecule has 0 bridgehead atoms. The SMILES string of the molecule is NCC1CCCCN1c1nccc(-c2cccs2)n1. The summed E-state index contributed by atoms with van der Waals surface area (Å²) in [6, 6.07) is 6.49. The van der Waals surface area contributed by atoms with Crippen LogP contribution in [0.3, 0.4) is 0 Å². The van der Waals surface area contributed by atoms with E-state index < -0.39 is 0 Å². The van der Waals surface area contributed by atoms with Crippen molar-refractivity contribution in [2.75, 3.05) is 18.0 Å². The molecule has 0 radical (unpaired) electrons. The van der Waals surface area contributed by atoms with E-state index in [0.29, 0.717) is 12.6 Å². The van der Waals surface area contributed by atoms with Crippen molar-refractivity contribution in [3.8, 4) is 10.6 Å². The Labute approximate surface area is 117 Å². The molecule has 2 aromatic heterocycles. The molecule has 1 aliphatic rings. The summed E-state index contributed by atoms with van der Waals surface area (Å²) in [6.07, 6.45) is 5.44. The van der Waals surface area contributed by atoms with Crippen LogP contribution in [0, 0.1) is 0 Å². The van der Waals surface area contributed by atoms with Crippen molar-refractivity contribution in [2.24, 2.45) is 5.73 Å². The second kappa shape index (κ2) is 5.67. The molecule has 0 aromatic carbocycles. The summed E-state index contributed by atoms with van der Waals surface area (Å²) >= 11 is 1.70. The average Bonchev–Trinajstić information content (AvgIpc) is 3.01. The van der Waals surface area contributed by atoms with E-state index in [1.165, 1.54) is 17.7 Å². The fourth-order valence-corrected chi connectivity index (χ4v) is 3.25. The maximum Gasteiger partial charge on any atom is 0.226 e. The van der Waals surface area contributed by atoms with E-state index >= 15 is 0 Å². The first-order valence-electron chi connectivity index (χ1n) is 6.72. The Balaban J connectivity index is 1.90. The molecular weight excluding hydrogens is 256 g/mol. The summed E-state index contributed by atoms with van der Waals surface area (Å²) in [5, 5.41) is 2.07. The Kier molecular flexibility index (Phi) is 3.75. The molecule has 3 heterocycles. The molecule has 1 atom stereocenters. The third kappa shape index (κ3) is 2.62. The van der Waals surface area contributed by atoms with Gasteiger partial charge in [0.15, 0.2) is 0 Å². The third-order valence-corrected chi connectivity index (χ3v) is 4.46. The molecule has 1 fully saturated rings. The number of hydrogen-bond acceptors (Lipinski definition) is 5. The number of hydrogen-bond donors (Lipinski definition) is 1. The largest absolute Gasteiger partial charge is 0.337 e. The van der Waals surface area contributed by atoms with Gasteiger partial charge < -0.3 is 10.6 Å². The highest BCUT2D eigenvalue weighted by atomic mass is 32.1. The van der Waals surface area contributed by atoms with Gasteiger partial charge in [0.2, 0.25) is 5.95 Å². The van der Waals surface area contributed by atoms with Gasteiger partial charge in [-0.25, -0.2) is 9.97 Å². The molecule has 0 amide bonds. The second-order valence-corrected chi connectivity index (χ2v) is 5.75. The van der Waals surface area contributed by atoms with Gasteiger partial charge in [0, 0.05) is 25.3 Å². The number of rotatable bonds is 3. The van der Waals surface area contributed by atoms with Crippen LogP contribution in [-0.2, 0) is 0 Å². The van der Waals surface area contributed by atoms with Crippen molar-refractivity contribution in [3.05, 3.63) is 29.8 Å². The van der Waals surface area contributed by atoms with Gasteiger partial charge in [0.05, 0.1) is 10.6 Å². The topological polar surface area (TPSA) is 55.0 Å². The number of nitrogens with two attached hydrogens (primary N) is 1. The zero-order valence-electron chi connectivity index (χ0n) is 10.8. The Hall–Kier alpha value is -1.46. The maximum atomic E-state index is 5.87. The lowest BCUT2D eigenvalue weighted by atomic mass is 10.0. The number of anilines is 1. The molecule has 4 nitrogen and oxygen atoms in total. The molecule has 0 saturated carbocycles. The van der Waals surface area contributed by atoms with Crippen LogP contribution in [0.15, 0.2) is 29.8 Å². The normalized spacial score (nSPS) is 19.6. The zero-order chi connectivity index (χ0) is 13.1. The molecule has 2 N–H and O–H groups in total. The summed E-state index contributed by atoms with van der Waals surface area (Å²) in [7, 11) is 0. The molecule has 100 valence electrons. The monoisotopic (exact) mass is 274 g/mol. The first-order chi connectivity index (χ1) is 9.38. The van der Waals surface area contributed by atoms with Gasteiger partial charge in [-0.15, -0.1) is 11.3 Å². The van der Waals surface area contributed by atoms with E-state index in [1.54, 1.807) is 11.3 Å². The van der Waals surface area contributed by atoms with Gasteiger partial charge >= 0.3 is 0 Å². The van der Waals surface area contributed by atoms with Crippen molar-refractivity contribution in [1.82, 2.24) is 9.97 Å². The first kappa shape index (κ1) is 12.6. The standard InChI is InChI=1S/C14H18N4S/c15-10-11-4-1-2-8-18(11)14-16-7-6-12(17-14)13-5-3-9-19-13/h3,5-7,9,11H,1-2,4,8,10,15H2. The lowest BCUT2D eigenvalue weighted by Crippen LogP contribution is -2.45. The van der Waals surface area contributed by atoms with E-state index in [9.17, 15) is 0 Å². The fourth-order valence-electron chi connectivity index (χ4n) is 2.56. The van der Waals surface area contributed by atoms with Crippen molar-refractivity contribution in [3.63, 3.8) is 0 Å². The van der Waals surface area contributed by atoms with Gasteiger partial charge in [0.25, 0.3) is 0 Å². The Bertz CT molecular complexity index is 526. The second-order valence-electron chi connectivity index (χ2n) is 4.80. The van der Waals surface area contributed by atoms with Crippen LogP contribution >= 0.6 is 11.3 Å². The minimum absolute atomic E-state index is 0.382. The minimum Gasteiger partial charge on any atom is -0.337 e. The highest BCUT2D eigenvalue weighted by Gasteiger charge is 2.23. The number of thiophene rings is 1. The van der Waals surface area contributed by atoms with Crippen LogP contribution in [0.2, 0.25) is 0 Å². The third-order valence-electron chi connectivity index (χ3n) is 3.57. The summed E-state index contributed by atoms with van der Waals surface area (Å²) in [5.74, 6) is 0.820. The van der Waals surface area contributed by atoms with Crippen molar-refractivity contribution in [1.29, 1.82) is 0 Å². The summed E-state index contributed by atoms with van der Waals surface area (Å²) < 4.78 is 0. The van der Waals surface area contributed by atoms with Crippen molar-refractivity contribution < 1.29 is 0 Å². The van der Waals surface area contributed by atoms with Crippen LogP contribution < -0.4 is 10.6 Å². The summed E-state index contributed by atoms with van der Waals surface area (Å²) in [5.41, 5.74) is 6.87. The molecule has 0 aliphatic carbocycles.